The fourth-order valence-corrected chi connectivity index (χ4v) is 4.19. The molecule has 3 nitrogen and oxygen atoms in total. The van der Waals surface area contributed by atoms with E-state index in [9.17, 15) is 0 Å². The first kappa shape index (κ1) is 13.4. The van der Waals surface area contributed by atoms with Gasteiger partial charge in [0.05, 0.1) is 15.9 Å². The fourth-order valence-electron chi connectivity index (χ4n) is 2.15. The fraction of sp³-hybridized carbons (Fsp3) is 0.750. The molecule has 1 aliphatic heterocycles. The molecule has 0 amide bonds. The lowest BCUT2D eigenvalue weighted by Gasteiger charge is -2.10. The summed E-state index contributed by atoms with van der Waals surface area (Å²) in [7, 11) is 2.02. The van der Waals surface area contributed by atoms with Gasteiger partial charge in [0.25, 0.3) is 0 Å². The number of nitrogens with one attached hydrogen (secondary N) is 1. The smallest absolute Gasteiger partial charge is 0.0767 e. The molecule has 2 heterocycles. The van der Waals surface area contributed by atoms with Gasteiger partial charge >= 0.3 is 0 Å². The van der Waals surface area contributed by atoms with Crippen molar-refractivity contribution in [2.24, 2.45) is 13.0 Å². The van der Waals surface area contributed by atoms with Crippen LogP contribution >= 0.6 is 27.7 Å². The largest absolute Gasteiger partial charge is 0.311 e. The number of halogens is 1. The van der Waals surface area contributed by atoms with Crippen LogP contribution < -0.4 is 5.32 Å². The lowest BCUT2D eigenvalue weighted by Crippen LogP contribution is -2.23. The minimum absolute atomic E-state index is 0.859. The van der Waals surface area contributed by atoms with Crippen LogP contribution in [0.25, 0.3) is 0 Å². The molecule has 1 N–H and O–H groups in total. The van der Waals surface area contributed by atoms with Crippen molar-refractivity contribution in [2.75, 3.05) is 18.1 Å². The second-order valence-electron chi connectivity index (χ2n) is 4.55. The summed E-state index contributed by atoms with van der Waals surface area (Å²) in [5, 5.41) is 8.06. The Labute approximate surface area is 116 Å². The monoisotopic (exact) mass is 317 g/mol. The Morgan fingerprint density at radius 3 is 3.00 bits per heavy atom. The summed E-state index contributed by atoms with van der Waals surface area (Å²) in [6, 6.07) is 0. The number of rotatable bonds is 5. The molecule has 1 saturated heterocycles. The van der Waals surface area contributed by atoms with E-state index in [-0.39, 0.29) is 0 Å². The van der Waals surface area contributed by atoms with E-state index in [1.54, 1.807) is 0 Å². The Morgan fingerprint density at radius 2 is 2.41 bits per heavy atom. The van der Waals surface area contributed by atoms with Gasteiger partial charge in [0.1, 0.15) is 0 Å². The Hall–Kier alpha value is -0.000000000000000111. The molecule has 0 aliphatic carbocycles. The molecule has 1 atom stereocenters. The van der Waals surface area contributed by atoms with E-state index in [2.05, 4.69) is 45.0 Å². The average molecular weight is 318 g/mol. The molecule has 1 aromatic rings. The molecule has 0 aromatic carbocycles. The Bertz CT molecular complexity index is 372. The number of aryl methyl sites for hydroxylation is 2. The first-order chi connectivity index (χ1) is 8.22. The third kappa shape index (κ3) is 3.26. The van der Waals surface area contributed by atoms with Crippen LogP contribution in [0.15, 0.2) is 4.47 Å². The molecule has 1 aliphatic rings. The summed E-state index contributed by atoms with van der Waals surface area (Å²) >= 11 is 5.72. The van der Waals surface area contributed by atoms with Gasteiger partial charge in [0, 0.05) is 13.6 Å². The van der Waals surface area contributed by atoms with E-state index in [0.29, 0.717) is 0 Å². The van der Waals surface area contributed by atoms with Gasteiger partial charge in [-0.25, -0.2) is 0 Å². The van der Waals surface area contributed by atoms with Gasteiger partial charge in [-0.15, -0.1) is 0 Å². The first-order valence-electron chi connectivity index (χ1n) is 6.21. The summed E-state index contributed by atoms with van der Waals surface area (Å²) in [6.07, 6.45) is 2.35. The Morgan fingerprint density at radius 1 is 1.59 bits per heavy atom. The van der Waals surface area contributed by atoms with Crippen LogP contribution in [0.3, 0.4) is 0 Å². The van der Waals surface area contributed by atoms with Gasteiger partial charge in [-0.05, 0) is 52.7 Å². The highest BCUT2D eigenvalue weighted by atomic mass is 79.9. The number of thioether (sulfide) groups is 1. The van der Waals surface area contributed by atoms with Gasteiger partial charge in [0.2, 0.25) is 0 Å². The Kier molecular flexibility index (Phi) is 4.94. The van der Waals surface area contributed by atoms with Crippen LogP contribution in [0.5, 0.6) is 0 Å². The van der Waals surface area contributed by atoms with Crippen molar-refractivity contribution >= 4 is 27.7 Å². The highest BCUT2D eigenvalue weighted by Crippen LogP contribution is 2.24. The van der Waals surface area contributed by atoms with Crippen LogP contribution in [-0.4, -0.2) is 27.8 Å². The van der Waals surface area contributed by atoms with Crippen LogP contribution in [0.2, 0.25) is 0 Å². The molecule has 0 saturated carbocycles. The zero-order chi connectivity index (χ0) is 12.3. The van der Waals surface area contributed by atoms with Crippen LogP contribution in [0.4, 0.5) is 0 Å². The van der Waals surface area contributed by atoms with Crippen LogP contribution in [0.1, 0.15) is 24.7 Å². The number of nitrogens with zero attached hydrogens (tertiary/aromatic N) is 2. The summed E-state index contributed by atoms with van der Waals surface area (Å²) in [5.41, 5.74) is 2.41. The Balaban J connectivity index is 1.87. The van der Waals surface area contributed by atoms with E-state index in [1.807, 2.05) is 11.7 Å². The molecule has 0 bridgehead atoms. The summed E-state index contributed by atoms with van der Waals surface area (Å²) in [4.78, 5) is 0. The van der Waals surface area contributed by atoms with Crippen molar-refractivity contribution in [3.05, 3.63) is 15.9 Å². The molecule has 5 heteroatoms. The van der Waals surface area contributed by atoms with Gasteiger partial charge in [0.15, 0.2) is 0 Å². The van der Waals surface area contributed by atoms with Crippen molar-refractivity contribution in [3.63, 3.8) is 0 Å². The van der Waals surface area contributed by atoms with Gasteiger partial charge in [-0.1, -0.05) is 6.92 Å². The van der Waals surface area contributed by atoms with Crippen LogP contribution in [0, 0.1) is 5.92 Å². The van der Waals surface area contributed by atoms with E-state index < -0.39 is 0 Å². The zero-order valence-corrected chi connectivity index (χ0v) is 12.9. The summed E-state index contributed by atoms with van der Waals surface area (Å²) < 4.78 is 3.16. The molecule has 1 aromatic heterocycles. The number of hydrogen-bond donors (Lipinski definition) is 1. The van der Waals surface area contributed by atoms with Gasteiger partial charge in [-0.3, -0.25) is 4.68 Å². The first-order valence-corrected chi connectivity index (χ1v) is 8.15. The molecule has 17 heavy (non-hydrogen) atoms. The molecular weight excluding hydrogens is 298 g/mol. The van der Waals surface area contributed by atoms with E-state index in [0.717, 1.165) is 31.1 Å². The molecule has 0 spiro atoms. The molecular formula is C12H20BrN3S. The van der Waals surface area contributed by atoms with Crippen molar-refractivity contribution in [1.29, 1.82) is 0 Å². The maximum absolute atomic E-state index is 4.50. The van der Waals surface area contributed by atoms with E-state index in [4.69, 9.17) is 0 Å². The summed E-state index contributed by atoms with van der Waals surface area (Å²) in [6.45, 7) is 4.18. The topological polar surface area (TPSA) is 29.9 Å². The maximum Gasteiger partial charge on any atom is 0.0767 e. The normalized spacial score (nSPS) is 20.1. The third-order valence-electron chi connectivity index (χ3n) is 3.25. The highest BCUT2D eigenvalue weighted by molar-refractivity contribution is 9.10. The number of hydrogen-bond acceptors (Lipinski definition) is 3. The average Bonchev–Trinajstić information content (AvgIpc) is 2.91. The highest BCUT2D eigenvalue weighted by Gasteiger charge is 2.16. The predicted octanol–water partition coefficient (Wildman–Crippen LogP) is 2.59. The van der Waals surface area contributed by atoms with Crippen molar-refractivity contribution in [2.45, 2.75) is 26.3 Å². The molecule has 1 unspecified atom stereocenters. The second-order valence-corrected chi connectivity index (χ2v) is 6.49. The standard InChI is InChI=1S/C12H20BrN3S/c1-3-10-12(13)11(16(2)15-10)7-14-6-9-4-5-17-8-9/h9,14H,3-8H2,1-2H3. The molecule has 0 radical (unpaired) electrons. The SMILES string of the molecule is CCc1nn(C)c(CNCC2CCSC2)c1Br. The lowest BCUT2D eigenvalue weighted by molar-refractivity contribution is 0.511. The zero-order valence-electron chi connectivity index (χ0n) is 10.5. The maximum atomic E-state index is 4.50. The molecule has 2 rings (SSSR count). The van der Waals surface area contributed by atoms with E-state index >= 15 is 0 Å². The van der Waals surface area contributed by atoms with E-state index in [1.165, 1.54) is 28.1 Å². The molecule has 96 valence electrons. The number of aromatic nitrogens is 2. The van der Waals surface area contributed by atoms with Crippen LogP contribution in [-0.2, 0) is 20.0 Å². The predicted molar refractivity (Wildman–Crippen MR) is 77.4 cm³/mol. The quantitative estimate of drug-likeness (QED) is 0.905. The second kappa shape index (κ2) is 6.25. The lowest BCUT2D eigenvalue weighted by atomic mass is 10.1. The van der Waals surface area contributed by atoms with Gasteiger partial charge < -0.3 is 5.32 Å². The van der Waals surface area contributed by atoms with Crippen molar-refractivity contribution < 1.29 is 0 Å². The minimum atomic E-state index is 0.859. The minimum Gasteiger partial charge on any atom is -0.311 e. The third-order valence-corrected chi connectivity index (χ3v) is 5.40. The van der Waals surface area contributed by atoms with Gasteiger partial charge in [-0.2, -0.15) is 16.9 Å². The molecule has 1 fully saturated rings. The summed E-state index contributed by atoms with van der Waals surface area (Å²) in [5.74, 6) is 3.51. The van der Waals surface area contributed by atoms with Crippen molar-refractivity contribution in [1.82, 2.24) is 15.1 Å². The van der Waals surface area contributed by atoms with Crippen molar-refractivity contribution in [3.8, 4) is 0 Å².